The Bertz CT molecular complexity index is 466. The molecular formula is C13H19ClN2O2S. The third kappa shape index (κ3) is 5.70. The van der Waals surface area contributed by atoms with Gasteiger partial charge in [-0.15, -0.1) is 0 Å². The second-order valence-electron chi connectivity index (χ2n) is 4.11. The average molecular weight is 303 g/mol. The van der Waals surface area contributed by atoms with Crippen molar-refractivity contribution < 1.29 is 9.00 Å². The van der Waals surface area contributed by atoms with E-state index in [2.05, 4.69) is 10.3 Å². The Labute approximate surface area is 121 Å². The summed E-state index contributed by atoms with van der Waals surface area (Å²) in [7, 11) is -0.865. The fraction of sp³-hybridized carbons (Fsp3) is 0.538. The van der Waals surface area contributed by atoms with Gasteiger partial charge in [-0.2, -0.15) is 0 Å². The molecule has 1 heterocycles. The molecule has 0 bridgehead atoms. The largest absolute Gasteiger partial charge is 0.351 e. The maximum atomic E-state index is 11.9. The Morgan fingerprint density at radius 3 is 2.79 bits per heavy atom. The molecule has 0 aliphatic rings. The maximum Gasteiger partial charge on any atom is 0.251 e. The molecule has 0 aromatic carbocycles. The summed E-state index contributed by atoms with van der Waals surface area (Å²) in [4.78, 5) is 16.1. The Kier molecular flexibility index (Phi) is 7.02. The molecule has 0 fully saturated rings. The van der Waals surface area contributed by atoms with Crippen LogP contribution in [-0.4, -0.2) is 33.2 Å². The van der Waals surface area contributed by atoms with Crippen LogP contribution in [0.3, 0.4) is 0 Å². The van der Waals surface area contributed by atoms with Crippen LogP contribution >= 0.6 is 11.6 Å². The van der Waals surface area contributed by atoms with Crippen molar-refractivity contribution in [2.24, 2.45) is 0 Å². The van der Waals surface area contributed by atoms with Crippen LogP contribution in [0.1, 0.15) is 36.3 Å². The minimum Gasteiger partial charge on any atom is -0.351 e. The van der Waals surface area contributed by atoms with Crippen molar-refractivity contribution in [2.75, 3.05) is 18.1 Å². The van der Waals surface area contributed by atoms with E-state index in [0.717, 1.165) is 18.5 Å². The van der Waals surface area contributed by atoms with Gasteiger partial charge in [0.25, 0.3) is 5.91 Å². The molecular weight excluding hydrogens is 284 g/mol. The zero-order chi connectivity index (χ0) is 14.3. The van der Waals surface area contributed by atoms with Gasteiger partial charge in [-0.3, -0.25) is 9.00 Å². The van der Waals surface area contributed by atoms with Gasteiger partial charge in [-0.25, -0.2) is 4.98 Å². The summed E-state index contributed by atoms with van der Waals surface area (Å²) < 4.78 is 11.3. The number of aryl methyl sites for hydroxylation is 1. The van der Waals surface area contributed by atoms with E-state index >= 15 is 0 Å². The summed E-state index contributed by atoms with van der Waals surface area (Å²) in [5.74, 6) is 0.885. The van der Waals surface area contributed by atoms with Crippen molar-refractivity contribution in [2.45, 2.75) is 26.7 Å². The number of pyridine rings is 1. The first-order chi connectivity index (χ1) is 9.06. The first-order valence-corrected chi connectivity index (χ1v) is 8.23. The smallest absolute Gasteiger partial charge is 0.251 e. The molecule has 1 aromatic heterocycles. The second kappa shape index (κ2) is 8.27. The average Bonchev–Trinajstić information content (AvgIpc) is 2.38. The SMILES string of the molecule is CCCc1cc(C(=O)NCCS(=O)CC)cc(Cl)n1. The fourth-order valence-electron chi connectivity index (χ4n) is 1.59. The maximum absolute atomic E-state index is 11.9. The van der Waals surface area contributed by atoms with E-state index in [0.29, 0.717) is 28.8 Å². The monoisotopic (exact) mass is 302 g/mol. The van der Waals surface area contributed by atoms with Crippen molar-refractivity contribution >= 4 is 28.3 Å². The molecule has 0 aliphatic heterocycles. The molecule has 0 spiro atoms. The third-order valence-corrected chi connectivity index (χ3v) is 4.05. The highest BCUT2D eigenvalue weighted by molar-refractivity contribution is 7.84. The van der Waals surface area contributed by atoms with Gasteiger partial charge in [0.05, 0.1) is 0 Å². The summed E-state index contributed by atoms with van der Waals surface area (Å²) in [5.41, 5.74) is 1.32. The zero-order valence-electron chi connectivity index (χ0n) is 11.2. The molecule has 1 atom stereocenters. The Hall–Kier alpha value is -0.940. The fourth-order valence-corrected chi connectivity index (χ4v) is 2.44. The van der Waals surface area contributed by atoms with E-state index in [-0.39, 0.29) is 5.91 Å². The van der Waals surface area contributed by atoms with Gasteiger partial charge in [0, 0.05) is 40.1 Å². The molecule has 0 saturated heterocycles. The van der Waals surface area contributed by atoms with E-state index in [1.54, 1.807) is 12.1 Å². The van der Waals surface area contributed by atoms with Gasteiger partial charge in [-0.05, 0) is 18.6 Å². The van der Waals surface area contributed by atoms with Crippen LogP contribution in [0, 0.1) is 0 Å². The number of halogens is 1. The lowest BCUT2D eigenvalue weighted by atomic mass is 10.1. The van der Waals surface area contributed by atoms with Gasteiger partial charge >= 0.3 is 0 Å². The predicted molar refractivity (Wildman–Crippen MR) is 79.1 cm³/mol. The van der Waals surface area contributed by atoms with Gasteiger partial charge in [-0.1, -0.05) is 31.9 Å². The Balaban J connectivity index is 2.63. The molecule has 4 nitrogen and oxygen atoms in total. The lowest BCUT2D eigenvalue weighted by Gasteiger charge is -2.07. The number of amides is 1. The topological polar surface area (TPSA) is 59.1 Å². The molecule has 0 aliphatic carbocycles. The van der Waals surface area contributed by atoms with E-state index < -0.39 is 10.8 Å². The minimum absolute atomic E-state index is 0.199. The summed E-state index contributed by atoms with van der Waals surface area (Å²) in [6.45, 7) is 4.31. The van der Waals surface area contributed by atoms with Crippen LogP contribution in [0.25, 0.3) is 0 Å². The van der Waals surface area contributed by atoms with Crippen molar-refractivity contribution in [3.05, 3.63) is 28.5 Å². The van der Waals surface area contributed by atoms with E-state index in [1.807, 2.05) is 13.8 Å². The minimum atomic E-state index is -0.865. The standard InChI is InChI=1S/C13H19ClN2O2S/c1-3-5-11-8-10(9-12(14)16-11)13(17)15-6-7-19(18)4-2/h8-9H,3-7H2,1-2H3,(H,15,17). The highest BCUT2D eigenvalue weighted by Gasteiger charge is 2.09. The van der Waals surface area contributed by atoms with Crippen molar-refractivity contribution in [1.29, 1.82) is 0 Å². The third-order valence-electron chi connectivity index (χ3n) is 2.55. The molecule has 6 heteroatoms. The molecule has 0 saturated carbocycles. The van der Waals surface area contributed by atoms with Crippen LogP contribution in [0.5, 0.6) is 0 Å². The summed E-state index contributed by atoms with van der Waals surface area (Å²) in [6.07, 6.45) is 1.74. The second-order valence-corrected chi connectivity index (χ2v) is 6.36. The van der Waals surface area contributed by atoms with Crippen LogP contribution in [0.4, 0.5) is 0 Å². The van der Waals surface area contributed by atoms with E-state index in [4.69, 9.17) is 11.6 Å². The number of nitrogens with zero attached hydrogens (tertiary/aromatic N) is 1. The Morgan fingerprint density at radius 1 is 1.42 bits per heavy atom. The highest BCUT2D eigenvalue weighted by Crippen LogP contribution is 2.12. The molecule has 1 aromatic rings. The number of hydrogen-bond acceptors (Lipinski definition) is 3. The molecule has 1 unspecified atom stereocenters. The van der Waals surface area contributed by atoms with Gasteiger partial charge in [0.2, 0.25) is 0 Å². The number of carbonyl (C=O) groups is 1. The highest BCUT2D eigenvalue weighted by atomic mass is 35.5. The van der Waals surface area contributed by atoms with Crippen LogP contribution < -0.4 is 5.32 Å². The van der Waals surface area contributed by atoms with Crippen molar-refractivity contribution in [3.63, 3.8) is 0 Å². The van der Waals surface area contributed by atoms with Gasteiger partial charge in [0.1, 0.15) is 5.15 Å². The normalized spacial score (nSPS) is 12.2. The summed E-state index contributed by atoms with van der Waals surface area (Å²) >= 11 is 5.90. The van der Waals surface area contributed by atoms with Crippen LogP contribution in [0.15, 0.2) is 12.1 Å². The molecule has 19 heavy (non-hydrogen) atoms. The summed E-state index contributed by atoms with van der Waals surface area (Å²) in [6, 6.07) is 3.30. The number of nitrogens with one attached hydrogen (secondary N) is 1. The molecule has 1 N–H and O–H groups in total. The summed E-state index contributed by atoms with van der Waals surface area (Å²) in [5, 5.41) is 3.07. The molecule has 1 amide bonds. The first kappa shape index (κ1) is 16.1. The predicted octanol–water partition coefficient (Wildman–Crippen LogP) is 2.19. The number of carbonyl (C=O) groups excluding carboxylic acids is 1. The number of hydrogen-bond donors (Lipinski definition) is 1. The number of rotatable bonds is 7. The van der Waals surface area contributed by atoms with E-state index in [1.165, 1.54) is 0 Å². The van der Waals surface area contributed by atoms with Gasteiger partial charge in [0.15, 0.2) is 0 Å². The Morgan fingerprint density at radius 2 is 2.16 bits per heavy atom. The van der Waals surface area contributed by atoms with Gasteiger partial charge < -0.3 is 5.32 Å². The van der Waals surface area contributed by atoms with E-state index in [9.17, 15) is 9.00 Å². The lowest BCUT2D eigenvalue weighted by Crippen LogP contribution is -2.28. The van der Waals surface area contributed by atoms with Crippen molar-refractivity contribution in [1.82, 2.24) is 10.3 Å². The quantitative estimate of drug-likeness (QED) is 0.785. The number of aromatic nitrogens is 1. The van der Waals surface area contributed by atoms with Crippen LogP contribution in [-0.2, 0) is 17.2 Å². The molecule has 106 valence electrons. The molecule has 1 rings (SSSR count). The zero-order valence-corrected chi connectivity index (χ0v) is 12.8. The lowest BCUT2D eigenvalue weighted by molar-refractivity contribution is 0.0956. The van der Waals surface area contributed by atoms with Crippen molar-refractivity contribution in [3.8, 4) is 0 Å². The molecule has 0 radical (unpaired) electrons. The van der Waals surface area contributed by atoms with Crippen LogP contribution in [0.2, 0.25) is 5.15 Å². The first-order valence-electron chi connectivity index (χ1n) is 6.36.